The van der Waals surface area contributed by atoms with Crippen molar-refractivity contribution in [1.29, 1.82) is 0 Å². The Kier molecular flexibility index (Phi) is 8.46. The number of aliphatic imine (C=N–C) groups is 1. The molecule has 1 aliphatic heterocycles. The number of rotatable bonds is 8. The minimum absolute atomic E-state index is 0.00557. The van der Waals surface area contributed by atoms with Crippen LogP contribution in [0.5, 0.6) is 5.75 Å². The van der Waals surface area contributed by atoms with Gasteiger partial charge in [-0.1, -0.05) is 24.3 Å². The zero-order valence-electron chi connectivity index (χ0n) is 17.7. The van der Waals surface area contributed by atoms with Crippen molar-refractivity contribution >= 4 is 11.6 Å². The molecule has 1 heterocycles. The third kappa shape index (κ3) is 6.82. The minimum Gasteiger partial charge on any atom is -0.435 e. The Hall–Kier alpha value is -2.87. The highest BCUT2D eigenvalue weighted by Gasteiger charge is 2.21. The van der Waals surface area contributed by atoms with Crippen LogP contribution in [0.3, 0.4) is 0 Å². The van der Waals surface area contributed by atoms with Gasteiger partial charge in [0.15, 0.2) is 5.96 Å². The van der Waals surface area contributed by atoms with Crippen molar-refractivity contribution in [1.82, 2.24) is 10.6 Å². The molecule has 1 aliphatic rings. The van der Waals surface area contributed by atoms with Crippen LogP contribution in [-0.4, -0.2) is 43.4 Å². The van der Waals surface area contributed by atoms with E-state index in [4.69, 9.17) is 4.99 Å². The summed E-state index contributed by atoms with van der Waals surface area (Å²) < 4.78 is 29.1. The average molecular weight is 433 g/mol. The molecule has 1 unspecified atom stereocenters. The quantitative estimate of drug-likeness (QED) is 0.440. The lowest BCUT2D eigenvalue weighted by molar-refractivity contribution is -0.0498. The van der Waals surface area contributed by atoms with Gasteiger partial charge in [0, 0.05) is 31.4 Å². The second kappa shape index (κ2) is 11.5. The monoisotopic (exact) mass is 432 g/mol. The number of anilines is 1. The standard InChI is InChI=1S/C23H30F2N4O2/c1-2-26-23(27-14-17-6-3-4-7-18(17)16-30)28-19-8-5-13-29(15-19)20-9-11-21(12-10-20)31-22(24)25/h3-4,6-7,9-12,19,22,30H,2,5,8,13-16H2,1H3,(H2,26,27,28). The van der Waals surface area contributed by atoms with Gasteiger partial charge in [0.1, 0.15) is 5.75 Å². The van der Waals surface area contributed by atoms with E-state index in [1.54, 1.807) is 12.1 Å². The van der Waals surface area contributed by atoms with E-state index < -0.39 is 6.61 Å². The molecule has 1 saturated heterocycles. The number of halogens is 2. The van der Waals surface area contributed by atoms with Gasteiger partial charge in [0.2, 0.25) is 0 Å². The van der Waals surface area contributed by atoms with Crippen molar-refractivity contribution in [3.05, 3.63) is 59.7 Å². The van der Waals surface area contributed by atoms with Gasteiger partial charge in [-0.15, -0.1) is 0 Å². The summed E-state index contributed by atoms with van der Waals surface area (Å²) >= 11 is 0. The van der Waals surface area contributed by atoms with Crippen LogP contribution in [-0.2, 0) is 13.2 Å². The first-order valence-electron chi connectivity index (χ1n) is 10.6. The summed E-state index contributed by atoms with van der Waals surface area (Å²) in [6, 6.07) is 14.7. The van der Waals surface area contributed by atoms with Crippen molar-refractivity contribution < 1.29 is 18.6 Å². The van der Waals surface area contributed by atoms with Gasteiger partial charge in [-0.3, -0.25) is 0 Å². The van der Waals surface area contributed by atoms with Gasteiger partial charge < -0.3 is 25.4 Å². The Morgan fingerprint density at radius 1 is 1.19 bits per heavy atom. The molecular weight excluding hydrogens is 402 g/mol. The maximum absolute atomic E-state index is 12.4. The predicted octanol–water partition coefficient (Wildman–Crippen LogP) is 3.50. The number of aliphatic hydroxyl groups is 1. The molecule has 1 fully saturated rings. The van der Waals surface area contributed by atoms with Crippen molar-refractivity contribution in [2.45, 2.75) is 45.6 Å². The summed E-state index contributed by atoms with van der Waals surface area (Å²) in [6.07, 6.45) is 2.03. The molecule has 168 valence electrons. The highest BCUT2D eigenvalue weighted by Crippen LogP contribution is 2.24. The Balaban J connectivity index is 1.62. The van der Waals surface area contributed by atoms with Crippen molar-refractivity contribution in [3.63, 3.8) is 0 Å². The van der Waals surface area contributed by atoms with E-state index in [9.17, 15) is 13.9 Å². The predicted molar refractivity (Wildman–Crippen MR) is 119 cm³/mol. The van der Waals surface area contributed by atoms with Gasteiger partial charge in [-0.05, 0) is 55.2 Å². The Morgan fingerprint density at radius 3 is 2.61 bits per heavy atom. The second-order valence-corrected chi connectivity index (χ2v) is 7.42. The van der Waals surface area contributed by atoms with E-state index in [2.05, 4.69) is 20.3 Å². The van der Waals surface area contributed by atoms with Gasteiger partial charge in [0.05, 0.1) is 13.2 Å². The van der Waals surface area contributed by atoms with Crippen LogP contribution >= 0.6 is 0 Å². The fraction of sp³-hybridized carbons (Fsp3) is 0.435. The molecule has 6 nitrogen and oxygen atoms in total. The number of guanidine groups is 1. The first-order chi connectivity index (χ1) is 15.1. The van der Waals surface area contributed by atoms with Crippen LogP contribution in [0.4, 0.5) is 14.5 Å². The van der Waals surface area contributed by atoms with Crippen LogP contribution in [0.1, 0.15) is 30.9 Å². The highest BCUT2D eigenvalue weighted by molar-refractivity contribution is 5.80. The zero-order chi connectivity index (χ0) is 22.1. The van der Waals surface area contributed by atoms with Crippen LogP contribution in [0.2, 0.25) is 0 Å². The maximum atomic E-state index is 12.4. The Labute approximate surface area is 181 Å². The normalized spacial score (nSPS) is 17.0. The van der Waals surface area contributed by atoms with E-state index in [1.165, 1.54) is 0 Å². The van der Waals surface area contributed by atoms with Crippen molar-refractivity contribution in [2.75, 3.05) is 24.5 Å². The van der Waals surface area contributed by atoms with Gasteiger partial charge >= 0.3 is 6.61 Å². The fourth-order valence-corrected chi connectivity index (χ4v) is 3.71. The molecule has 3 rings (SSSR count). The molecule has 2 aromatic rings. The molecule has 0 radical (unpaired) electrons. The number of benzene rings is 2. The summed E-state index contributed by atoms with van der Waals surface area (Å²) in [7, 11) is 0. The molecule has 3 N–H and O–H groups in total. The maximum Gasteiger partial charge on any atom is 0.387 e. The zero-order valence-corrected chi connectivity index (χ0v) is 17.7. The SMILES string of the molecule is CCNC(=NCc1ccccc1CO)NC1CCCN(c2ccc(OC(F)F)cc2)C1. The molecule has 0 amide bonds. The lowest BCUT2D eigenvalue weighted by atomic mass is 10.0. The van der Waals surface area contributed by atoms with Gasteiger partial charge in [-0.25, -0.2) is 4.99 Å². The van der Waals surface area contributed by atoms with Crippen LogP contribution in [0.15, 0.2) is 53.5 Å². The van der Waals surface area contributed by atoms with E-state index in [0.29, 0.717) is 6.54 Å². The Morgan fingerprint density at radius 2 is 1.94 bits per heavy atom. The lowest BCUT2D eigenvalue weighted by Gasteiger charge is -2.35. The van der Waals surface area contributed by atoms with Crippen molar-refractivity contribution in [2.24, 2.45) is 4.99 Å². The number of hydrogen-bond acceptors (Lipinski definition) is 4. The molecule has 0 saturated carbocycles. The molecule has 0 aliphatic carbocycles. The first-order valence-corrected chi connectivity index (χ1v) is 10.6. The van der Waals surface area contributed by atoms with E-state index >= 15 is 0 Å². The number of nitrogens with one attached hydrogen (secondary N) is 2. The summed E-state index contributed by atoms with van der Waals surface area (Å²) in [5.74, 6) is 0.901. The molecular formula is C23H30F2N4O2. The second-order valence-electron chi connectivity index (χ2n) is 7.42. The van der Waals surface area contributed by atoms with E-state index in [0.717, 1.165) is 55.2 Å². The highest BCUT2D eigenvalue weighted by atomic mass is 19.3. The third-order valence-corrected chi connectivity index (χ3v) is 5.23. The number of aliphatic hydroxyl groups excluding tert-OH is 1. The van der Waals surface area contributed by atoms with E-state index in [1.807, 2.05) is 43.3 Å². The van der Waals surface area contributed by atoms with Crippen molar-refractivity contribution in [3.8, 4) is 5.75 Å². The number of alkyl halides is 2. The molecule has 1 atom stereocenters. The summed E-state index contributed by atoms with van der Waals surface area (Å²) in [6.45, 7) is 2.12. The molecule has 2 aromatic carbocycles. The fourth-order valence-electron chi connectivity index (χ4n) is 3.71. The van der Waals surface area contributed by atoms with Gasteiger partial charge in [-0.2, -0.15) is 8.78 Å². The largest absolute Gasteiger partial charge is 0.435 e. The topological polar surface area (TPSA) is 69.1 Å². The van der Waals surface area contributed by atoms with E-state index in [-0.39, 0.29) is 18.4 Å². The Bertz CT molecular complexity index is 846. The minimum atomic E-state index is -2.82. The molecule has 0 aromatic heterocycles. The molecule has 31 heavy (non-hydrogen) atoms. The number of ether oxygens (including phenoxy) is 1. The lowest BCUT2D eigenvalue weighted by Crippen LogP contribution is -2.51. The van der Waals surface area contributed by atoms with Gasteiger partial charge in [0.25, 0.3) is 0 Å². The number of nitrogens with zero attached hydrogens (tertiary/aromatic N) is 2. The van der Waals surface area contributed by atoms with Crippen LogP contribution in [0, 0.1) is 0 Å². The van der Waals surface area contributed by atoms with Crippen LogP contribution in [0.25, 0.3) is 0 Å². The average Bonchev–Trinajstić information content (AvgIpc) is 2.78. The molecule has 0 bridgehead atoms. The third-order valence-electron chi connectivity index (χ3n) is 5.23. The molecule has 8 heteroatoms. The summed E-state index contributed by atoms with van der Waals surface area (Å²) in [5.41, 5.74) is 2.86. The number of hydrogen-bond donors (Lipinski definition) is 3. The van der Waals surface area contributed by atoms with Crippen LogP contribution < -0.4 is 20.3 Å². The summed E-state index contributed by atoms with van der Waals surface area (Å²) in [5, 5.41) is 16.3. The molecule has 0 spiro atoms. The smallest absolute Gasteiger partial charge is 0.387 e. The first kappa shape index (κ1) is 22.8. The summed E-state index contributed by atoms with van der Waals surface area (Å²) in [4.78, 5) is 6.93. The number of piperidine rings is 1.